The lowest BCUT2D eigenvalue weighted by molar-refractivity contribution is -0.155. The molecule has 2 atom stereocenters. The molecule has 0 radical (unpaired) electrons. The molecule has 0 bridgehead atoms. The van der Waals surface area contributed by atoms with Gasteiger partial charge >= 0.3 is 6.03 Å². The minimum Gasteiger partial charge on any atom is -0.367 e. The molecule has 1 saturated carbocycles. The van der Waals surface area contributed by atoms with Crippen molar-refractivity contribution in [1.29, 1.82) is 0 Å². The molecule has 142 valence electrons. The average molecular weight is 367 g/mol. The number of anilines is 1. The monoisotopic (exact) mass is 367 g/mol. The van der Waals surface area contributed by atoms with Crippen LogP contribution in [0.5, 0.6) is 0 Å². The average Bonchev–Trinajstić information content (AvgIpc) is 3.18. The Morgan fingerprint density at radius 2 is 1.74 bits per heavy atom. The van der Waals surface area contributed by atoms with Gasteiger partial charge in [0.2, 0.25) is 11.8 Å². The number of urea groups is 1. The van der Waals surface area contributed by atoms with E-state index in [9.17, 15) is 14.4 Å². The van der Waals surface area contributed by atoms with Gasteiger partial charge in [-0.15, -0.1) is 0 Å². The Morgan fingerprint density at radius 1 is 0.963 bits per heavy atom. The smallest absolute Gasteiger partial charge is 0.331 e. The number of para-hydroxylation sites is 1. The van der Waals surface area contributed by atoms with Gasteiger partial charge in [0.1, 0.15) is 0 Å². The van der Waals surface area contributed by atoms with Crippen LogP contribution in [0.15, 0.2) is 24.3 Å². The van der Waals surface area contributed by atoms with Crippen molar-refractivity contribution in [1.82, 2.24) is 10.2 Å². The Balaban J connectivity index is 1.60. The molecular formula is C21H25N3O3. The van der Waals surface area contributed by atoms with Gasteiger partial charge in [0.15, 0.2) is 5.41 Å². The molecule has 4 aliphatic rings. The highest BCUT2D eigenvalue weighted by Gasteiger charge is 2.63. The van der Waals surface area contributed by atoms with E-state index in [0.717, 1.165) is 62.7 Å². The Kier molecular flexibility index (Phi) is 3.78. The number of benzene rings is 1. The number of hydrogen-bond donors (Lipinski definition) is 1. The van der Waals surface area contributed by atoms with Crippen molar-refractivity contribution in [2.75, 3.05) is 11.4 Å². The standard InChI is InChI=1S/C21H25N3O3/c25-18-21(19(26)24(20(27)22-18)15-8-2-1-3-9-15)13-14-7-4-5-10-16(14)23-12-6-11-17(21)23/h4-5,7,10,15,17H,1-3,6,8-9,11-13H2,(H,22,25,27)/t17-,21+/m0/s1. The topological polar surface area (TPSA) is 69.7 Å². The summed E-state index contributed by atoms with van der Waals surface area (Å²) in [5.41, 5.74) is 0.973. The van der Waals surface area contributed by atoms with Crippen LogP contribution in [0.4, 0.5) is 10.5 Å². The first-order chi connectivity index (χ1) is 13.1. The van der Waals surface area contributed by atoms with Gasteiger partial charge in [-0.2, -0.15) is 0 Å². The zero-order valence-electron chi connectivity index (χ0n) is 15.4. The molecule has 1 N–H and O–H groups in total. The van der Waals surface area contributed by atoms with Crippen LogP contribution in [0.3, 0.4) is 0 Å². The van der Waals surface area contributed by atoms with Gasteiger partial charge < -0.3 is 4.90 Å². The Hall–Kier alpha value is -2.37. The van der Waals surface area contributed by atoms with Crippen molar-refractivity contribution in [2.45, 2.75) is 63.5 Å². The quantitative estimate of drug-likeness (QED) is 0.775. The van der Waals surface area contributed by atoms with Crippen LogP contribution in [0.2, 0.25) is 0 Å². The lowest BCUT2D eigenvalue weighted by Gasteiger charge is -2.51. The van der Waals surface area contributed by atoms with E-state index in [-0.39, 0.29) is 18.0 Å². The Labute approximate surface area is 158 Å². The number of amides is 4. The van der Waals surface area contributed by atoms with Crippen LogP contribution < -0.4 is 10.2 Å². The number of rotatable bonds is 1. The van der Waals surface area contributed by atoms with Crippen molar-refractivity contribution in [3.05, 3.63) is 29.8 Å². The van der Waals surface area contributed by atoms with Gasteiger partial charge in [-0.1, -0.05) is 37.5 Å². The van der Waals surface area contributed by atoms with E-state index in [2.05, 4.69) is 16.3 Å². The molecule has 6 heteroatoms. The van der Waals surface area contributed by atoms with E-state index >= 15 is 0 Å². The third kappa shape index (κ3) is 2.28. The normalized spacial score (nSPS) is 31.1. The van der Waals surface area contributed by atoms with E-state index in [1.165, 1.54) is 4.90 Å². The van der Waals surface area contributed by atoms with Gasteiger partial charge in [-0.25, -0.2) is 4.79 Å². The molecular weight excluding hydrogens is 342 g/mol. The summed E-state index contributed by atoms with van der Waals surface area (Å²) >= 11 is 0. The minimum atomic E-state index is -1.18. The molecule has 1 aromatic rings. The Bertz CT molecular complexity index is 817. The van der Waals surface area contributed by atoms with Crippen molar-refractivity contribution < 1.29 is 14.4 Å². The second-order valence-corrected chi connectivity index (χ2v) is 8.35. The van der Waals surface area contributed by atoms with E-state index in [0.29, 0.717) is 6.42 Å². The predicted molar refractivity (Wildman–Crippen MR) is 100 cm³/mol. The summed E-state index contributed by atoms with van der Waals surface area (Å²) in [6.07, 6.45) is 7.03. The number of hydrogen-bond acceptors (Lipinski definition) is 4. The number of fused-ring (bicyclic) bond motifs is 4. The first-order valence-corrected chi connectivity index (χ1v) is 10.2. The first kappa shape index (κ1) is 16.8. The molecule has 27 heavy (non-hydrogen) atoms. The SMILES string of the molecule is O=C1NC(=O)[C@]2(Cc3ccccc3N3CCC[C@H]32)C(=O)N1C1CCCCC1. The molecule has 5 rings (SSSR count). The number of carbonyl (C=O) groups excluding carboxylic acids is 3. The van der Waals surface area contributed by atoms with Gasteiger partial charge in [-0.3, -0.25) is 19.8 Å². The summed E-state index contributed by atoms with van der Waals surface area (Å²) in [6.45, 7) is 0.849. The van der Waals surface area contributed by atoms with Crippen LogP contribution in [-0.4, -0.2) is 41.4 Å². The van der Waals surface area contributed by atoms with Gasteiger partial charge in [0.25, 0.3) is 0 Å². The molecule has 1 aromatic carbocycles. The lowest BCUT2D eigenvalue weighted by Crippen LogP contribution is -2.72. The fraction of sp³-hybridized carbons (Fsp3) is 0.571. The molecule has 3 heterocycles. The molecule has 0 unspecified atom stereocenters. The highest BCUT2D eigenvalue weighted by molar-refractivity contribution is 6.20. The van der Waals surface area contributed by atoms with Crippen molar-refractivity contribution in [2.24, 2.45) is 5.41 Å². The molecule has 3 fully saturated rings. The van der Waals surface area contributed by atoms with Gasteiger partial charge in [-0.05, 0) is 43.7 Å². The van der Waals surface area contributed by atoms with E-state index in [4.69, 9.17) is 0 Å². The summed E-state index contributed by atoms with van der Waals surface area (Å²) in [4.78, 5) is 43.2. The van der Waals surface area contributed by atoms with Crippen LogP contribution in [-0.2, 0) is 16.0 Å². The molecule has 6 nitrogen and oxygen atoms in total. The number of imide groups is 2. The predicted octanol–water partition coefficient (Wildman–Crippen LogP) is 2.61. The largest absolute Gasteiger partial charge is 0.367 e. The number of barbiturate groups is 1. The maximum Gasteiger partial charge on any atom is 0.331 e. The zero-order chi connectivity index (χ0) is 18.6. The Morgan fingerprint density at radius 3 is 2.56 bits per heavy atom. The highest BCUT2D eigenvalue weighted by Crippen LogP contribution is 2.48. The fourth-order valence-electron chi connectivity index (χ4n) is 5.72. The molecule has 1 aliphatic carbocycles. The highest BCUT2D eigenvalue weighted by atomic mass is 16.2. The van der Waals surface area contributed by atoms with E-state index in [1.54, 1.807) is 0 Å². The summed E-state index contributed by atoms with van der Waals surface area (Å²) in [5, 5.41) is 2.56. The van der Waals surface area contributed by atoms with Gasteiger partial charge in [0.05, 0.1) is 6.04 Å². The van der Waals surface area contributed by atoms with Crippen LogP contribution in [0.1, 0.15) is 50.5 Å². The number of nitrogens with zero attached hydrogens (tertiary/aromatic N) is 2. The second-order valence-electron chi connectivity index (χ2n) is 8.35. The van der Waals surface area contributed by atoms with Crippen LogP contribution in [0, 0.1) is 5.41 Å². The summed E-state index contributed by atoms with van der Waals surface area (Å²) < 4.78 is 0. The number of carbonyl (C=O) groups is 3. The summed E-state index contributed by atoms with van der Waals surface area (Å²) in [6, 6.07) is 7.28. The second kappa shape index (κ2) is 6.08. The third-order valence-electron chi connectivity index (χ3n) is 6.98. The molecule has 1 spiro atoms. The van der Waals surface area contributed by atoms with Crippen LogP contribution >= 0.6 is 0 Å². The lowest BCUT2D eigenvalue weighted by atomic mass is 9.68. The number of nitrogens with one attached hydrogen (secondary N) is 1. The molecule has 2 saturated heterocycles. The van der Waals surface area contributed by atoms with E-state index in [1.807, 2.05) is 18.2 Å². The molecule has 0 aromatic heterocycles. The molecule has 4 amide bonds. The van der Waals surface area contributed by atoms with E-state index < -0.39 is 17.4 Å². The maximum absolute atomic E-state index is 13.8. The van der Waals surface area contributed by atoms with Crippen molar-refractivity contribution >= 4 is 23.5 Å². The van der Waals surface area contributed by atoms with Crippen LogP contribution in [0.25, 0.3) is 0 Å². The van der Waals surface area contributed by atoms with Gasteiger partial charge in [0, 0.05) is 18.3 Å². The fourth-order valence-corrected chi connectivity index (χ4v) is 5.72. The maximum atomic E-state index is 13.8. The molecule has 3 aliphatic heterocycles. The third-order valence-corrected chi connectivity index (χ3v) is 6.98. The summed E-state index contributed by atoms with van der Waals surface area (Å²) in [7, 11) is 0. The van der Waals surface area contributed by atoms with Crippen molar-refractivity contribution in [3.63, 3.8) is 0 Å². The zero-order valence-corrected chi connectivity index (χ0v) is 15.4. The summed E-state index contributed by atoms with van der Waals surface area (Å²) in [5.74, 6) is -0.675. The minimum absolute atomic E-state index is 0.0803. The van der Waals surface area contributed by atoms with Crippen molar-refractivity contribution in [3.8, 4) is 0 Å². The first-order valence-electron chi connectivity index (χ1n) is 10.2.